The van der Waals surface area contributed by atoms with Gasteiger partial charge in [-0.25, -0.2) is 0 Å². The second-order valence-electron chi connectivity index (χ2n) is 5.68. The van der Waals surface area contributed by atoms with Crippen molar-refractivity contribution in [2.75, 3.05) is 21.2 Å². The van der Waals surface area contributed by atoms with E-state index in [1.807, 2.05) is 67.7 Å². The molecule has 3 aromatic rings. The first-order chi connectivity index (χ1) is 11.6. The van der Waals surface area contributed by atoms with Crippen LogP contribution in [0.2, 0.25) is 0 Å². The zero-order valence-corrected chi connectivity index (χ0v) is 13.9. The van der Waals surface area contributed by atoms with Gasteiger partial charge in [-0.1, -0.05) is 30.3 Å². The fraction of sp³-hybridized carbons (Fsp3) is 0.150. The topological polar surface area (TPSA) is 42.7 Å². The second-order valence-corrected chi connectivity index (χ2v) is 5.68. The minimum Gasteiger partial charge on any atom is -0.497 e. The van der Waals surface area contributed by atoms with Crippen molar-refractivity contribution < 1.29 is 13.9 Å². The number of ether oxygens (including phenoxy) is 1. The van der Waals surface area contributed by atoms with Crippen LogP contribution in [0.15, 0.2) is 59.1 Å². The van der Waals surface area contributed by atoms with Crippen LogP contribution in [0.4, 0.5) is 0 Å². The lowest BCUT2D eigenvalue weighted by atomic mass is 10.00. The Balaban J connectivity index is 2.21. The maximum atomic E-state index is 13.0. The molecule has 3 rings (SSSR count). The molecule has 0 saturated carbocycles. The van der Waals surface area contributed by atoms with E-state index in [1.165, 1.54) is 0 Å². The molecule has 0 aliphatic heterocycles. The minimum absolute atomic E-state index is 0.0685. The van der Waals surface area contributed by atoms with Gasteiger partial charge in [0.05, 0.1) is 12.7 Å². The van der Waals surface area contributed by atoms with Crippen LogP contribution >= 0.6 is 0 Å². The number of carbonyl (C=O) groups excluding carboxylic acids is 1. The highest BCUT2D eigenvalue weighted by atomic mass is 16.5. The molecular weight excluding hydrogens is 302 g/mol. The van der Waals surface area contributed by atoms with E-state index in [0.717, 1.165) is 5.39 Å². The number of hydrogen-bond acceptors (Lipinski definition) is 4. The summed E-state index contributed by atoms with van der Waals surface area (Å²) in [5, 5.41) is 0.751. The summed E-state index contributed by atoms with van der Waals surface area (Å²) in [6.07, 6.45) is 3.67. The van der Waals surface area contributed by atoms with Crippen molar-refractivity contribution in [1.82, 2.24) is 4.90 Å². The maximum Gasteiger partial charge on any atom is 0.197 e. The van der Waals surface area contributed by atoms with Crippen molar-refractivity contribution in [2.45, 2.75) is 0 Å². The smallest absolute Gasteiger partial charge is 0.197 e. The first-order valence-electron chi connectivity index (χ1n) is 7.65. The van der Waals surface area contributed by atoms with Gasteiger partial charge in [0.25, 0.3) is 0 Å². The SMILES string of the molecule is COc1ccc2oc(/C=C/N(C)C)c(C(=O)c3ccccc3)c2c1. The molecule has 0 spiro atoms. The van der Waals surface area contributed by atoms with Crippen LogP contribution in [0.1, 0.15) is 21.7 Å². The average Bonchev–Trinajstić information content (AvgIpc) is 2.97. The van der Waals surface area contributed by atoms with Gasteiger partial charge in [0, 0.05) is 31.2 Å². The van der Waals surface area contributed by atoms with Crippen molar-refractivity contribution in [1.29, 1.82) is 0 Å². The molecule has 0 aliphatic carbocycles. The molecule has 122 valence electrons. The van der Waals surface area contributed by atoms with Crippen LogP contribution in [0.3, 0.4) is 0 Å². The van der Waals surface area contributed by atoms with E-state index in [9.17, 15) is 4.79 Å². The third-order valence-electron chi connectivity index (χ3n) is 3.71. The van der Waals surface area contributed by atoms with Crippen LogP contribution in [0, 0.1) is 0 Å². The van der Waals surface area contributed by atoms with Gasteiger partial charge >= 0.3 is 0 Å². The molecule has 4 nitrogen and oxygen atoms in total. The van der Waals surface area contributed by atoms with Crippen molar-refractivity contribution in [3.8, 4) is 5.75 Å². The number of furan rings is 1. The van der Waals surface area contributed by atoms with Crippen LogP contribution < -0.4 is 4.74 Å². The number of benzene rings is 2. The lowest BCUT2D eigenvalue weighted by molar-refractivity contribution is 0.103. The molecule has 2 aromatic carbocycles. The molecule has 0 unspecified atom stereocenters. The summed E-state index contributed by atoms with van der Waals surface area (Å²) in [6.45, 7) is 0. The third kappa shape index (κ3) is 3.04. The molecule has 0 amide bonds. The summed E-state index contributed by atoms with van der Waals surface area (Å²) >= 11 is 0. The van der Waals surface area contributed by atoms with E-state index in [0.29, 0.717) is 28.2 Å². The summed E-state index contributed by atoms with van der Waals surface area (Å²) < 4.78 is 11.2. The Morgan fingerprint density at radius 1 is 1.12 bits per heavy atom. The monoisotopic (exact) mass is 321 g/mol. The minimum atomic E-state index is -0.0685. The van der Waals surface area contributed by atoms with Crippen LogP contribution in [-0.2, 0) is 0 Å². The lowest BCUT2D eigenvalue weighted by Gasteiger charge is -2.04. The van der Waals surface area contributed by atoms with Crippen LogP contribution in [0.25, 0.3) is 17.0 Å². The zero-order valence-electron chi connectivity index (χ0n) is 13.9. The Labute approximate surface area is 140 Å². The normalized spacial score (nSPS) is 11.1. The number of methoxy groups -OCH3 is 1. The fourth-order valence-electron chi connectivity index (χ4n) is 2.52. The van der Waals surface area contributed by atoms with E-state index < -0.39 is 0 Å². The number of carbonyl (C=O) groups is 1. The molecule has 24 heavy (non-hydrogen) atoms. The van der Waals surface area contributed by atoms with E-state index in [2.05, 4.69) is 0 Å². The van der Waals surface area contributed by atoms with Gasteiger partial charge in [0.2, 0.25) is 0 Å². The molecule has 1 heterocycles. The number of rotatable bonds is 5. The molecule has 4 heteroatoms. The largest absolute Gasteiger partial charge is 0.497 e. The molecule has 0 saturated heterocycles. The van der Waals surface area contributed by atoms with Crippen molar-refractivity contribution in [2.24, 2.45) is 0 Å². The predicted octanol–water partition coefficient (Wildman–Crippen LogP) is 4.20. The van der Waals surface area contributed by atoms with Gasteiger partial charge in [-0.3, -0.25) is 4.79 Å². The average molecular weight is 321 g/mol. The molecule has 0 N–H and O–H groups in total. The zero-order chi connectivity index (χ0) is 17.1. The molecule has 0 radical (unpaired) electrons. The van der Waals surface area contributed by atoms with Gasteiger partial charge in [0.15, 0.2) is 5.78 Å². The van der Waals surface area contributed by atoms with Crippen LogP contribution in [-0.4, -0.2) is 31.9 Å². The first kappa shape index (κ1) is 15.9. The van der Waals surface area contributed by atoms with Crippen molar-refractivity contribution in [3.05, 3.63) is 71.6 Å². The highest BCUT2D eigenvalue weighted by Gasteiger charge is 2.21. The summed E-state index contributed by atoms with van der Waals surface area (Å²) in [5.41, 5.74) is 1.84. The number of ketones is 1. The van der Waals surface area contributed by atoms with Crippen LogP contribution in [0.5, 0.6) is 5.75 Å². The Morgan fingerprint density at radius 2 is 1.88 bits per heavy atom. The molecular formula is C20H19NO3. The quantitative estimate of drug-likeness (QED) is 0.660. The first-order valence-corrected chi connectivity index (χ1v) is 7.65. The van der Waals surface area contributed by atoms with Gasteiger partial charge < -0.3 is 14.1 Å². The maximum absolute atomic E-state index is 13.0. The Morgan fingerprint density at radius 3 is 2.54 bits per heavy atom. The number of fused-ring (bicyclic) bond motifs is 1. The summed E-state index contributed by atoms with van der Waals surface area (Å²) in [5.74, 6) is 1.16. The molecule has 0 atom stereocenters. The van der Waals surface area contributed by atoms with Crippen molar-refractivity contribution in [3.63, 3.8) is 0 Å². The second kappa shape index (κ2) is 6.62. The third-order valence-corrected chi connectivity index (χ3v) is 3.71. The van der Waals surface area contributed by atoms with Crippen molar-refractivity contribution >= 4 is 22.8 Å². The van der Waals surface area contributed by atoms with Gasteiger partial charge in [-0.05, 0) is 24.3 Å². The van der Waals surface area contributed by atoms with E-state index in [4.69, 9.17) is 9.15 Å². The highest BCUT2D eigenvalue weighted by Crippen LogP contribution is 2.32. The van der Waals surface area contributed by atoms with E-state index >= 15 is 0 Å². The molecule has 0 bridgehead atoms. The Kier molecular flexibility index (Phi) is 4.38. The molecule has 0 aliphatic rings. The Bertz CT molecular complexity index is 892. The summed E-state index contributed by atoms with van der Waals surface area (Å²) in [7, 11) is 5.44. The standard InChI is InChI=1S/C20H19NO3/c1-21(2)12-11-18-19(20(22)14-7-5-4-6-8-14)16-13-15(23-3)9-10-17(16)24-18/h4-13H,1-3H3/b12-11+. The summed E-state index contributed by atoms with van der Waals surface area (Å²) in [6, 6.07) is 14.7. The lowest BCUT2D eigenvalue weighted by Crippen LogP contribution is -2.03. The van der Waals surface area contributed by atoms with E-state index in [-0.39, 0.29) is 5.78 Å². The van der Waals surface area contributed by atoms with Gasteiger partial charge in [-0.15, -0.1) is 0 Å². The highest BCUT2D eigenvalue weighted by molar-refractivity contribution is 6.18. The number of hydrogen-bond donors (Lipinski definition) is 0. The summed E-state index contributed by atoms with van der Waals surface area (Å²) in [4.78, 5) is 14.9. The molecule has 0 fully saturated rings. The Hall–Kier alpha value is -3.01. The van der Waals surface area contributed by atoms with E-state index in [1.54, 1.807) is 19.2 Å². The van der Waals surface area contributed by atoms with Gasteiger partial charge in [-0.2, -0.15) is 0 Å². The fourth-order valence-corrected chi connectivity index (χ4v) is 2.52. The molecule has 1 aromatic heterocycles. The van der Waals surface area contributed by atoms with Gasteiger partial charge in [0.1, 0.15) is 17.1 Å². The predicted molar refractivity (Wildman–Crippen MR) is 95.4 cm³/mol. The number of nitrogens with zero attached hydrogens (tertiary/aromatic N) is 1.